The van der Waals surface area contributed by atoms with Crippen molar-refractivity contribution in [3.05, 3.63) is 36.7 Å². The molecular weight excluding hydrogens is 360 g/mol. The molecule has 6 heteroatoms. The largest absolute Gasteiger partial charge is 0.490 e. The molecule has 0 bridgehead atoms. The topological polar surface area (TPSA) is 68.3 Å². The number of hydrogen-bond acceptors (Lipinski definition) is 4. The number of rotatable bonds is 6. The first-order valence-corrected chi connectivity index (χ1v) is 11.7. The second kappa shape index (κ2) is 8.15. The minimum atomic E-state index is -3.17. The van der Waals surface area contributed by atoms with Crippen molar-refractivity contribution in [1.82, 2.24) is 9.71 Å². The molecule has 1 heterocycles. The Morgan fingerprint density at radius 1 is 1.04 bits per heavy atom. The lowest BCUT2D eigenvalue weighted by Gasteiger charge is -2.30. The molecular formula is C21H28N2O3S. The lowest BCUT2D eigenvalue weighted by atomic mass is 9.93. The van der Waals surface area contributed by atoms with Crippen molar-refractivity contribution < 1.29 is 13.2 Å². The van der Waals surface area contributed by atoms with E-state index in [1.807, 2.05) is 30.5 Å². The van der Waals surface area contributed by atoms with Crippen LogP contribution in [0.3, 0.4) is 0 Å². The van der Waals surface area contributed by atoms with Crippen LogP contribution in [0.25, 0.3) is 10.8 Å². The average Bonchev–Trinajstić information content (AvgIpc) is 3.15. The Morgan fingerprint density at radius 2 is 1.81 bits per heavy atom. The lowest BCUT2D eigenvalue weighted by Crippen LogP contribution is -2.41. The highest BCUT2D eigenvalue weighted by atomic mass is 32.2. The third kappa shape index (κ3) is 4.79. The zero-order chi connectivity index (χ0) is 18.7. The summed E-state index contributed by atoms with van der Waals surface area (Å²) in [5.74, 6) is 1.54. The van der Waals surface area contributed by atoms with Crippen LogP contribution < -0.4 is 9.46 Å². The molecule has 0 spiro atoms. The Kier molecular flexibility index (Phi) is 5.64. The number of sulfonamides is 1. The van der Waals surface area contributed by atoms with Crippen molar-refractivity contribution >= 4 is 20.8 Å². The van der Waals surface area contributed by atoms with E-state index in [4.69, 9.17) is 4.74 Å². The predicted molar refractivity (Wildman–Crippen MR) is 107 cm³/mol. The van der Waals surface area contributed by atoms with Gasteiger partial charge in [-0.25, -0.2) is 13.1 Å². The highest BCUT2D eigenvalue weighted by Gasteiger charge is 2.28. The molecule has 2 aliphatic carbocycles. The van der Waals surface area contributed by atoms with E-state index in [1.165, 1.54) is 12.8 Å². The Hall–Kier alpha value is -1.66. The van der Waals surface area contributed by atoms with Gasteiger partial charge in [0.15, 0.2) is 0 Å². The van der Waals surface area contributed by atoms with Crippen molar-refractivity contribution in [2.45, 2.75) is 63.5 Å². The summed E-state index contributed by atoms with van der Waals surface area (Å²) in [6, 6.07) is 8.05. The quantitative estimate of drug-likeness (QED) is 0.811. The first kappa shape index (κ1) is 18.7. The normalized spacial score (nSPS) is 24.3. The summed E-state index contributed by atoms with van der Waals surface area (Å²) in [5.41, 5.74) is 0. The maximum Gasteiger partial charge on any atom is 0.212 e. The summed E-state index contributed by atoms with van der Waals surface area (Å²) in [5, 5.41) is 2.15. The first-order chi connectivity index (χ1) is 13.1. The van der Waals surface area contributed by atoms with Gasteiger partial charge in [0.25, 0.3) is 0 Å². The molecule has 0 amide bonds. The maximum absolute atomic E-state index is 12.4. The van der Waals surface area contributed by atoms with E-state index >= 15 is 0 Å². The van der Waals surface area contributed by atoms with Crippen LogP contribution in [0.1, 0.15) is 51.4 Å². The third-order valence-corrected chi connectivity index (χ3v) is 7.49. The van der Waals surface area contributed by atoms with Gasteiger partial charge in [0.1, 0.15) is 5.75 Å². The molecule has 0 atom stereocenters. The van der Waals surface area contributed by atoms with Gasteiger partial charge in [0.2, 0.25) is 10.0 Å². The van der Waals surface area contributed by atoms with E-state index in [9.17, 15) is 8.42 Å². The Bertz CT molecular complexity index is 865. The Balaban J connectivity index is 1.31. The van der Waals surface area contributed by atoms with E-state index in [0.29, 0.717) is 11.7 Å². The van der Waals surface area contributed by atoms with E-state index in [-0.39, 0.29) is 12.1 Å². The van der Waals surface area contributed by atoms with Gasteiger partial charge in [0.05, 0.1) is 11.9 Å². The number of pyridine rings is 1. The fraction of sp³-hybridized carbons (Fsp3) is 0.571. The smallest absolute Gasteiger partial charge is 0.212 e. The number of nitrogens with one attached hydrogen (secondary N) is 1. The summed E-state index contributed by atoms with van der Waals surface area (Å²) < 4.78 is 34.0. The zero-order valence-electron chi connectivity index (χ0n) is 15.6. The predicted octanol–water partition coefficient (Wildman–Crippen LogP) is 4.03. The SMILES string of the molecule is O=S(=O)(CC1CCCC1)NC1CCC(Oc2cccc3cnccc23)CC1. The molecule has 0 saturated heterocycles. The maximum atomic E-state index is 12.4. The minimum absolute atomic E-state index is 0.0490. The second-order valence-corrected chi connectivity index (χ2v) is 9.79. The van der Waals surface area contributed by atoms with Gasteiger partial charge in [-0.15, -0.1) is 0 Å². The van der Waals surface area contributed by atoms with Crippen molar-refractivity contribution in [3.63, 3.8) is 0 Å². The fourth-order valence-corrected chi connectivity index (χ4v) is 6.26. The van der Waals surface area contributed by atoms with Gasteiger partial charge in [0, 0.05) is 29.2 Å². The van der Waals surface area contributed by atoms with Crippen LogP contribution >= 0.6 is 0 Å². The Labute approximate surface area is 161 Å². The minimum Gasteiger partial charge on any atom is -0.490 e. The number of ether oxygens (including phenoxy) is 1. The van der Waals surface area contributed by atoms with Gasteiger partial charge in [-0.05, 0) is 56.6 Å². The number of fused-ring (bicyclic) bond motifs is 1. The van der Waals surface area contributed by atoms with Crippen LogP contribution in [0.2, 0.25) is 0 Å². The van der Waals surface area contributed by atoms with Crippen LogP contribution in [0.15, 0.2) is 36.7 Å². The highest BCUT2D eigenvalue weighted by molar-refractivity contribution is 7.89. The molecule has 1 aromatic heterocycles. The number of benzene rings is 1. The molecule has 5 nitrogen and oxygen atoms in total. The van der Waals surface area contributed by atoms with Crippen molar-refractivity contribution in [3.8, 4) is 5.75 Å². The highest BCUT2D eigenvalue weighted by Crippen LogP contribution is 2.30. The molecule has 27 heavy (non-hydrogen) atoms. The molecule has 0 unspecified atom stereocenters. The summed E-state index contributed by atoms with van der Waals surface area (Å²) in [6.07, 6.45) is 11.6. The lowest BCUT2D eigenvalue weighted by molar-refractivity contribution is 0.146. The molecule has 0 aliphatic heterocycles. The molecule has 2 saturated carbocycles. The van der Waals surface area contributed by atoms with Crippen molar-refractivity contribution in [2.75, 3.05) is 5.75 Å². The first-order valence-electron chi connectivity index (χ1n) is 10.1. The second-order valence-electron chi connectivity index (χ2n) is 7.99. The molecule has 1 N–H and O–H groups in total. The molecule has 0 radical (unpaired) electrons. The zero-order valence-corrected chi connectivity index (χ0v) is 16.5. The van der Waals surface area contributed by atoms with Crippen molar-refractivity contribution in [2.24, 2.45) is 5.92 Å². The van der Waals surface area contributed by atoms with Crippen LogP contribution in [0, 0.1) is 5.92 Å². The van der Waals surface area contributed by atoms with Crippen LogP contribution in [0.4, 0.5) is 0 Å². The Morgan fingerprint density at radius 3 is 2.59 bits per heavy atom. The number of hydrogen-bond donors (Lipinski definition) is 1. The summed E-state index contributed by atoms with van der Waals surface area (Å²) in [4.78, 5) is 4.16. The van der Waals surface area contributed by atoms with Crippen molar-refractivity contribution in [1.29, 1.82) is 0 Å². The van der Waals surface area contributed by atoms with Gasteiger partial charge >= 0.3 is 0 Å². The van der Waals surface area contributed by atoms with Gasteiger partial charge < -0.3 is 4.74 Å². The van der Waals surface area contributed by atoms with Crippen LogP contribution in [-0.4, -0.2) is 31.3 Å². The fourth-order valence-electron chi connectivity index (χ4n) is 4.46. The van der Waals surface area contributed by atoms with E-state index in [2.05, 4.69) is 9.71 Å². The van der Waals surface area contributed by atoms with Crippen LogP contribution in [-0.2, 0) is 10.0 Å². The third-order valence-electron chi connectivity index (χ3n) is 5.88. The number of nitrogens with zero attached hydrogens (tertiary/aromatic N) is 1. The van der Waals surface area contributed by atoms with Gasteiger partial charge in [-0.3, -0.25) is 4.98 Å². The van der Waals surface area contributed by atoms with E-state index < -0.39 is 10.0 Å². The van der Waals surface area contributed by atoms with E-state index in [1.54, 1.807) is 6.20 Å². The van der Waals surface area contributed by atoms with E-state index in [0.717, 1.165) is 55.0 Å². The molecule has 2 aliphatic rings. The molecule has 1 aromatic carbocycles. The average molecular weight is 389 g/mol. The molecule has 146 valence electrons. The summed E-state index contributed by atoms with van der Waals surface area (Å²) in [6.45, 7) is 0. The molecule has 4 rings (SSSR count). The summed E-state index contributed by atoms with van der Waals surface area (Å²) >= 11 is 0. The molecule has 2 aromatic rings. The summed E-state index contributed by atoms with van der Waals surface area (Å²) in [7, 11) is -3.17. The van der Waals surface area contributed by atoms with Gasteiger partial charge in [-0.1, -0.05) is 25.0 Å². The standard InChI is InChI=1S/C21H28N2O3S/c24-27(25,15-16-4-1-2-5-16)23-18-8-10-19(11-9-18)26-21-7-3-6-17-14-22-13-12-20(17)21/h3,6-7,12-14,16,18-19,23H,1-2,4-5,8-11,15H2. The monoisotopic (exact) mass is 388 g/mol. The van der Waals surface area contributed by atoms with Crippen LogP contribution in [0.5, 0.6) is 5.75 Å². The molecule has 2 fully saturated rings. The van der Waals surface area contributed by atoms with Gasteiger partial charge in [-0.2, -0.15) is 0 Å². The number of aromatic nitrogens is 1.